The lowest BCUT2D eigenvalue weighted by Crippen LogP contribution is -2.27. The van der Waals surface area contributed by atoms with Gasteiger partial charge in [-0.15, -0.1) is 0 Å². The minimum absolute atomic E-state index is 0.0997. The summed E-state index contributed by atoms with van der Waals surface area (Å²) >= 11 is 6.16. The van der Waals surface area contributed by atoms with Crippen LogP contribution in [0.3, 0.4) is 0 Å². The van der Waals surface area contributed by atoms with Gasteiger partial charge in [-0.25, -0.2) is 0 Å². The topological polar surface area (TPSA) is 54.0 Å². The largest absolute Gasteiger partial charge is 0.355 e. The Morgan fingerprint density at radius 3 is 2.62 bits per heavy atom. The Morgan fingerprint density at radius 2 is 1.85 bits per heavy atom. The van der Waals surface area contributed by atoms with Crippen LogP contribution in [0.25, 0.3) is 0 Å². The zero-order valence-corrected chi connectivity index (χ0v) is 15.4. The van der Waals surface area contributed by atoms with Gasteiger partial charge in [0.2, 0.25) is 0 Å². The Labute approximate surface area is 158 Å². The highest BCUT2D eigenvalue weighted by atomic mass is 35.5. The van der Waals surface area contributed by atoms with Crippen molar-refractivity contribution in [2.24, 2.45) is 0 Å². The molecule has 1 unspecified atom stereocenters. The molecule has 2 aromatic carbocycles. The smallest absolute Gasteiger partial charge is 0.270 e. The summed E-state index contributed by atoms with van der Waals surface area (Å²) in [4.78, 5) is 16.7. The van der Waals surface area contributed by atoms with Gasteiger partial charge in [-0.2, -0.15) is 0 Å². The van der Waals surface area contributed by atoms with E-state index in [1.165, 1.54) is 0 Å². The third-order valence-electron chi connectivity index (χ3n) is 4.19. The molecular formula is C21H20ClN3O. The highest BCUT2D eigenvalue weighted by Crippen LogP contribution is 2.26. The highest BCUT2D eigenvalue weighted by molar-refractivity contribution is 6.31. The molecule has 0 bridgehead atoms. The number of amides is 1. The number of anilines is 2. The van der Waals surface area contributed by atoms with E-state index in [4.69, 9.17) is 11.6 Å². The first kappa shape index (κ1) is 18.0. The van der Waals surface area contributed by atoms with E-state index in [0.717, 1.165) is 22.5 Å². The fraction of sp³-hybridized carbons (Fsp3) is 0.143. The number of halogens is 1. The number of carbonyl (C=O) groups excluding carboxylic acids is 1. The maximum atomic E-state index is 12.5. The van der Waals surface area contributed by atoms with Crippen molar-refractivity contribution in [2.45, 2.75) is 19.9 Å². The molecule has 5 heteroatoms. The summed E-state index contributed by atoms with van der Waals surface area (Å²) in [7, 11) is 0. The van der Waals surface area contributed by atoms with Gasteiger partial charge in [0.05, 0.1) is 6.04 Å². The number of hydrogen-bond donors (Lipinski definition) is 2. The predicted octanol–water partition coefficient (Wildman–Crippen LogP) is 5.28. The molecule has 0 radical (unpaired) electrons. The normalized spacial score (nSPS) is 11.7. The van der Waals surface area contributed by atoms with Crippen LogP contribution < -0.4 is 10.6 Å². The van der Waals surface area contributed by atoms with Crippen LogP contribution in [0.15, 0.2) is 66.9 Å². The molecule has 4 nitrogen and oxygen atoms in total. The summed E-state index contributed by atoms with van der Waals surface area (Å²) in [5.74, 6) is -0.215. The Kier molecular flexibility index (Phi) is 5.54. The van der Waals surface area contributed by atoms with Gasteiger partial charge in [-0.1, -0.05) is 48.0 Å². The summed E-state index contributed by atoms with van der Waals surface area (Å²) in [6, 6.07) is 18.9. The molecule has 1 aromatic heterocycles. The molecular weight excluding hydrogens is 346 g/mol. The van der Waals surface area contributed by atoms with Crippen molar-refractivity contribution >= 4 is 28.9 Å². The molecule has 3 aromatic rings. The first-order valence-electron chi connectivity index (χ1n) is 8.38. The molecule has 0 fully saturated rings. The lowest BCUT2D eigenvalue weighted by atomic mass is 10.1. The number of hydrogen-bond acceptors (Lipinski definition) is 3. The molecule has 0 saturated heterocycles. The van der Waals surface area contributed by atoms with E-state index >= 15 is 0 Å². The van der Waals surface area contributed by atoms with Crippen molar-refractivity contribution in [3.63, 3.8) is 0 Å². The summed E-state index contributed by atoms with van der Waals surface area (Å²) in [6.45, 7) is 3.89. The van der Waals surface area contributed by atoms with Gasteiger partial charge >= 0.3 is 0 Å². The van der Waals surface area contributed by atoms with Crippen LogP contribution in [-0.4, -0.2) is 10.9 Å². The van der Waals surface area contributed by atoms with E-state index in [1.807, 2.05) is 68.4 Å². The first-order valence-corrected chi connectivity index (χ1v) is 8.76. The van der Waals surface area contributed by atoms with Gasteiger partial charge in [-0.05, 0) is 49.2 Å². The quantitative estimate of drug-likeness (QED) is 0.646. The second-order valence-corrected chi connectivity index (χ2v) is 6.48. The standard InChI is InChI=1S/C21H20ClN3O/c1-14-18(22)9-6-10-19(14)25-17-11-12-23-20(13-17)21(26)24-15(2)16-7-4-3-5-8-16/h3-13,15H,1-2H3,(H,23,25)(H,24,26). The van der Waals surface area contributed by atoms with Gasteiger partial charge in [0.1, 0.15) is 5.69 Å². The third kappa shape index (κ3) is 4.21. The molecule has 0 aliphatic heterocycles. The van der Waals surface area contributed by atoms with Crippen molar-refractivity contribution in [3.8, 4) is 0 Å². The summed E-state index contributed by atoms with van der Waals surface area (Å²) < 4.78 is 0. The molecule has 1 heterocycles. The van der Waals surface area contributed by atoms with Crippen molar-refractivity contribution in [1.82, 2.24) is 10.3 Å². The van der Waals surface area contributed by atoms with E-state index < -0.39 is 0 Å². The Bertz CT molecular complexity index is 912. The zero-order valence-electron chi connectivity index (χ0n) is 14.7. The Morgan fingerprint density at radius 1 is 1.08 bits per heavy atom. The minimum Gasteiger partial charge on any atom is -0.355 e. The van der Waals surface area contributed by atoms with Gasteiger partial charge < -0.3 is 10.6 Å². The maximum absolute atomic E-state index is 12.5. The van der Waals surface area contributed by atoms with E-state index in [0.29, 0.717) is 10.7 Å². The molecule has 1 atom stereocenters. The van der Waals surface area contributed by atoms with Crippen LogP contribution in [-0.2, 0) is 0 Å². The average molecular weight is 366 g/mol. The minimum atomic E-state index is -0.215. The van der Waals surface area contributed by atoms with Gasteiger partial charge in [0, 0.05) is 22.6 Å². The number of nitrogens with one attached hydrogen (secondary N) is 2. The third-order valence-corrected chi connectivity index (χ3v) is 4.60. The average Bonchev–Trinajstić information content (AvgIpc) is 2.66. The molecule has 2 N–H and O–H groups in total. The summed E-state index contributed by atoms with van der Waals surface area (Å²) in [5.41, 5.74) is 4.03. The van der Waals surface area contributed by atoms with Crippen molar-refractivity contribution in [1.29, 1.82) is 0 Å². The van der Waals surface area contributed by atoms with E-state index in [9.17, 15) is 4.79 Å². The van der Waals surface area contributed by atoms with E-state index in [1.54, 1.807) is 12.3 Å². The van der Waals surface area contributed by atoms with Gasteiger partial charge in [0.15, 0.2) is 0 Å². The lowest BCUT2D eigenvalue weighted by Gasteiger charge is -2.15. The molecule has 0 aliphatic rings. The number of pyridine rings is 1. The first-order chi connectivity index (χ1) is 12.5. The molecule has 3 rings (SSSR count). The van der Waals surface area contributed by atoms with Gasteiger partial charge in [0.25, 0.3) is 5.91 Å². The zero-order chi connectivity index (χ0) is 18.5. The van der Waals surface area contributed by atoms with Crippen LogP contribution in [0.2, 0.25) is 5.02 Å². The van der Waals surface area contributed by atoms with Crippen LogP contribution >= 0.6 is 11.6 Å². The number of benzene rings is 2. The summed E-state index contributed by atoms with van der Waals surface area (Å²) in [5, 5.41) is 6.96. The number of carbonyl (C=O) groups is 1. The number of nitrogens with zero attached hydrogens (tertiary/aromatic N) is 1. The lowest BCUT2D eigenvalue weighted by molar-refractivity contribution is 0.0935. The van der Waals surface area contributed by atoms with E-state index in [2.05, 4.69) is 15.6 Å². The van der Waals surface area contributed by atoms with Crippen LogP contribution in [0.5, 0.6) is 0 Å². The van der Waals surface area contributed by atoms with Crippen molar-refractivity contribution in [3.05, 3.63) is 88.7 Å². The number of aromatic nitrogens is 1. The van der Waals surface area contributed by atoms with Crippen molar-refractivity contribution < 1.29 is 4.79 Å². The van der Waals surface area contributed by atoms with Crippen LogP contribution in [0.1, 0.15) is 34.6 Å². The monoisotopic (exact) mass is 365 g/mol. The van der Waals surface area contributed by atoms with E-state index in [-0.39, 0.29) is 11.9 Å². The van der Waals surface area contributed by atoms with Crippen LogP contribution in [0.4, 0.5) is 11.4 Å². The highest BCUT2D eigenvalue weighted by Gasteiger charge is 2.13. The second kappa shape index (κ2) is 8.02. The fourth-order valence-corrected chi connectivity index (χ4v) is 2.80. The summed E-state index contributed by atoms with van der Waals surface area (Å²) in [6.07, 6.45) is 1.62. The second-order valence-electron chi connectivity index (χ2n) is 6.07. The fourth-order valence-electron chi connectivity index (χ4n) is 2.63. The molecule has 132 valence electrons. The Hall–Kier alpha value is -2.85. The molecule has 0 aliphatic carbocycles. The number of rotatable bonds is 5. The van der Waals surface area contributed by atoms with Crippen LogP contribution in [0, 0.1) is 6.92 Å². The maximum Gasteiger partial charge on any atom is 0.270 e. The predicted molar refractivity (Wildman–Crippen MR) is 106 cm³/mol. The SMILES string of the molecule is Cc1c(Cl)cccc1Nc1ccnc(C(=O)NC(C)c2ccccc2)c1. The Balaban J connectivity index is 1.74. The molecule has 1 amide bonds. The molecule has 0 spiro atoms. The van der Waals surface area contributed by atoms with Gasteiger partial charge in [-0.3, -0.25) is 9.78 Å². The van der Waals surface area contributed by atoms with Crippen molar-refractivity contribution in [2.75, 3.05) is 5.32 Å². The molecule has 26 heavy (non-hydrogen) atoms. The molecule has 0 saturated carbocycles.